The van der Waals surface area contributed by atoms with Crippen molar-refractivity contribution >= 4 is 23.0 Å². The number of Topliss-reactive ketones (excluding diaryl/α,β-unsaturated/α-hetero) is 1. The summed E-state index contributed by atoms with van der Waals surface area (Å²) in [5.74, 6) is 0.169. The number of rotatable bonds is 6. The van der Waals surface area contributed by atoms with E-state index in [0.717, 1.165) is 48.0 Å². The van der Waals surface area contributed by atoms with Crippen LogP contribution in [-0.2, 0) is 9.53 Å². The van der Waals surface area contributed by atoms with Crippen LogP contribution in [0.4, 0.5) is 0 Å². The smallest absolute Gasteiger partial charge is 0.223 e. The molecule has 126 valence electrons. The molecule has 2 aliphatic heterocycles. The molecular formula is C17H24N2O3S. The molecule has 1 amide bonds. The fraction of sp³-hybridized carbons (Fsp3) is 0.647. The van der Waals surface area contributed by atoms with Crippen LogP contribution in [-0.4, -0.2) is 55.0 Å². The Bertz CT molecular complexity index is 587. The van der Waals surface area contributed by atoms with Crippen molar-refractivity contribution in [3.8, 4) is 0 Å². The molecule has 1 aromatic heterocycles. The average Bonchev–Trinajstić information content (AvgIpc) is 3.08. The molecule has 1 aromatic rings. The molecule has 3 heterocycles. The lowest BCUT2D eigenvalue weighted by molar-refractivity contribution is -0.136. The molecule has 0 aliphatic carbocycles. The van der Waals surface area contributed by atoms with Gasteiger partial charge in [-0.05, 0) is 26.3 Å². The maximum absolute atomic E-state index is 12.2. The first kappa shape index (κ1) is 16.6. The average molecular weight is 336 g/mol. The number of nitrogens with one attached hydrogen (secondary N) is 1. The molecule has 0 bridgehead atoms. The van der Waals surface area contributed by atoms with E-state index in [0.29, 0.717) is 24.9 Å². The number of carbonyl (C=O) groups is 2. The highest BCUT2D eigenvalue weighted by atomic mass is 32.1. The van der Waals surface area contributed by atoms with E-state index in [4.69, 9.17) is 4.74 Å². The number of aryl methyl sites for hydroxylation is 2. The molecule has 2 fully saturated rings. The number of amides is 1. The van der Waals surface area contributed by atoms with Crippen LogP contribution in [0.5, 0.6) is 0 Å². The van der Waals surface area contributed by atoms with E-state index in [1.807, 2.05) is 24.8 Å². The number of thiophene rings is 1. The molecule has 23 heavy (non-hydrogen) atoms. The molecule has 6 heteroatoms. The van der Waals surface area contributed by atoms with Gasteiger partial charge >= 0.3 is 0 Å². The topological polar surface area (TPSA) is 58.6 Å². The number of carbonyl (C=O) groups excluding carboxylic acids is 2. The van der Waals surface area contributed by atoms with Crippen molar-refractivity contribution in [3.63, 3.8) is 0 Å². The van der Waals surface area contributed by atoms with E-state index in [1.165, 1.54) is 0 Å². The Morgan fingerprint density at radius 1 is 1.30 bits per heavy atom. The van der Waals surface area contributed by atoms with Crippen LogP contribution in [0.2, 0.25) is 0 Å². The Morgan fingerprint density at radius 3 is 2.70 bits per heavy atom. The Morgan fingerprint density at radius 2 is 2.09 bits per heavy atom. The Kier molecular flexibility index (Phi) is 5.14. The minimum atomic E-state index is 0.0819. The third kappa shape index (κ3) is 4.00. The van der Waals surface area contributed by atoms with Gasteiger partial charge in [0.25, 0.3) is 0 Å². The van der Waals surface area contributed by atoms with E-state index in [2.05, 4.69) is 5.32 Å². The van der Waals surface area contributed by atoms with E-state index in [9.17, 15) is 9.59 Å². The van der Waals surface area contributed by atoms with Gasteiger partial charge in [-0.1, -0.05) is 0 Å². The Hall–Kier alpha value is -1.24. The SMILES string of the molecule is Cc1cc(C(=O)CCC(=O)N2CC(NC3CCOC3)C2)c(C)s1. The number of hydrogen-bond donors (Lipinski definition) is 1. The lowest BCUT2D eigenvalue weighted by Crippen LogP contribution is -2.61. The third-order valence-electron chi connectivity index (χ3n) is 4.54. The molecule has 2 saturated heterocycles. The minimum absolute atomic E-state index is 0.0819. The fourth-order valence-corrected chi connectivity index (χ4v) is 4.15. The first-order valence-electron chi connectivity index (χ1n) is 8.24. The van der Waals surface area contributed by atoms with Gasteiger partial charge in [0.2, 0.25) is 5.91 Å². The van der Waals surface area contributed by atoms with E-state index in [1.54, 1.807) is 11.3 Å². The molecular weight excluding hydrogens is 312 g/mol. The van der Waals surface area contributed by atoms with Gasteiger partial charge in [0.15, 0.2) is 5.78 Å². The molecule has 5 nitrogen and oxygen atoms in total. The second kappa shape index (κ2) is 7.11. The van der Waals surface area contributed by atoms with E-state index < -0.39 is 0 Å². The van der Waals surface area contributed by atoms with Crippen LogP contribution in [0, 0.1) is 13.8 Å². The predicted molar refractivity (Wildman–Crippen MR) is 90.1 cm³/mol. The lowest BCUT2D eigenvalue weighted by Gasteiger charge is -2.41. The number of ether oxygens (including phenoxy) is 1. The number of likely N-dealkylation sites (tertiary alicyclic amines) is 1. The van der Waals surface area contributed by atoms with Crippen LogP contribution in [0.15, 0.2) is 6.07 Å². The summed E-state index contributed by atoms with van der Waals surface area (Å²) in [5.41, 5.74) is 0.782. The van der Waals surface area contributed by atoms with Crippen LogP contribution >= 0.6 is 11.3 Å². The van der Waals surface area contributed by atoms with Crippen molar-refractivity contribution in [1.82, 2.24) is 10.2 Å². The van der Waals surface area contributed by atoms with Gasteiger partial charge in [-0.3, -0.25) is 9.59 Å². The van der Waals surface area contributed by atoms with Crippen molar-refractivity contribution in [2.75, 3.05) is 26.3 Å². The van der Waals surface area contributed by atoms with Crippen LogP contribution in [0.3, 0.4) is 0 Å². The van der Waals surface area contributed by atoms with Crippen molar-refractivity contribution in [3.05, 3.63) is 21.4 Å². The highest BCUT2D eigenvalue weighted by molar-refractivity contribution is 7.12. The zero-order chi connectivity index (χ0) is 16.4. The molecule has 0 spiro atoms. The van der Waals surface area contributed by atoms with Gasteiger partial charge in [0.1, 0.15) is 0 Å². The second-order valence-electron chi connectivity index (χ2n) is 6.47. The summed E-state index contributed by atoms with van der Waals surface area (Å²) in [4.78, 5) is 28.4. The third-order valence-corrected chi connectivity index (χ3v) is 5.51. The molecule has 1 atom stereocenters. The van der Waals surface area contributed by atoms with Crippen molar-refractivity contribution < 1.29 is 14.3 Å². The lowest BCUT2D eigenvalue weighted by atomic mass is 10.0. The largest absolute Gasteiger partial charge is 0.380 e. The minimum Gasteiger partial charge on any atom is -0.380 e. The van der Waals surface area contributed by atoms with Crippen molar-refractivity contribution in [2.45, 2.75) is 45.2 Å². The normalized spacial score (nSPS) is 21.5. The molecule has 0 aromatic carbocycles. The Balaban J connectivity index is 1.39. The first-order valence-corrected chi connectivity index (χ1v) is 9.06. The Labute approximate surface area is 141 Å². The summed E-state index contributed by atoms with van der Waals surface area (Å²) in [7, 11) is 0. The highest BCUT2D eigenvalue weighted by Crippen LogP contribution is 2.22. The van der Waals surface area contributed by atoms with Gasteiger partial charge in [-0.2, -0.15) is 0 Å². The molecule has 1 N–H and O–H groups in total. The summed E-state index contributed by atoms with van der Waals surface area (Å²) < 4.78 is 5.34. The van der Waals surface area contributed by atoms with Gasteiger partial charge < -0.3 is 15.0 Å². The van der Waals surface area contributed by atoms with Gasteiger partial charge in [0.05, 0.1) is 6.61 Å². The zero-order valence-electron chi connectivity index (χ0n) is 13.8. The van der Waals surface area contributed by atoms with E-state index in [-0.39, 0.29) is 11.7 Å². The van der Waals surface area contributed by atoms with Gasteiger partial charge in [-0.25, -0.2) is 0 Å². The second-order valence-corrected chi connectivity index (χ2v) is 7.93. The van der Waals surface area contributed by atoms with Crippen molar-refractivity contribution in [2.24, 2.45) is 0 Å². The molecule has 1 unspecified atom stereocenters. The van der Waals surface area contributed by atoms with Crippen LogP contribution in [0.25, 0.3) is 0 Å². The molecule has 0 saturated carbocycles. The highest BCUT2D eigenvalue weighted by Gasteiger charge is 2.32. The maximum Gasteiger partial charge on any atom is 0.223 e. The van der Waals surface area contributed by atoms with E-state index >= 15 is 0 Å². The predicted octanol–water partition coefficient (Wildman–Crippen LogP) is 1.92. The quantitative estimate of drug-likeness (QED) is 0.807. The first-order chi connectivity index (χ1) is 11.0. The number of hydrogen-bond acceptors (Lipinski definition) is 5. The standard InChI is InChI=1S/C17H24N2O3S/c1-11-7-15(12(2)23-11)16(20)3-4-17(21)19-8-14(9-19)18-13-5-6-22-10-13/h7,13-14,18H,3-6,8-10H2,1-2H3. The van der Waals surface area contributed by atoms with Crippen LogP contribution < -0.4 is 5.32 Å². The molecule has 0 radical (unpaired) electrons. The summed E-state index contributed by atoms with van der Waals surface area (Å²) in [5, 5.41) is 3.52. The van der Waals surface area contributed by atoms with Crippen molar-refractivity contribution in [1.29, 1.82) is 0 Å². The van der Waals surface area contributed by atoms with Gasteiger partial charge in [0, 0.05) is 59.9 Å². The maximum atomic E-state index is 12.2. The van der Waals surface area contributed by atoms with Gasteiger partial charge in [-0.15, -0.1) is 11.3 Å². The summed E-state index contributed by atoms with van der Waals surface area (Å²) in [6.45, 7) is 7.07. The van der Waals surface area contributed by atoms with Crippen LogP contribution in [0.1, 0.15) is 39.4 Å². The fourth-order valence-electron chi connectivity index (χ4n) is 3.21. The zero-order valence-corrected chi connectivity index (χ0v) is 14.6. The monoisotopic (exact) mass is 336 g/mol. The number of nitrogens with zero attached hydrogens (tertiary/aromatic N) is 1. The molecule has 3 rings (SSSR count). The summed E-state index contributed by atoms with van der Waals surface area (Å²) >= 11 is 1.63. The summed E-state index contributed by atoms with van der Waals surface area (Å²) in [6.07, 6.45) is 1.67. The molecule has 2 aliphatic rings. The number of ketones is 1. The summed E-state index contributed by atoms with van der Waals surface area (Å²) in [6, 6.07) is 2.74.